The van der Waals surface area contributed by atoms with E-state index in [0.717, 1.165) is 63.2 Å². The van der Waals surface area contributed by atoms with Crippen LogP contribution in [0.25, 0.3) is 10.8 Å². The molecule has 0 aliphatic carbocycles. The minimum atomic E-state index is -0.0753. The van der Waals surface area contributed by atoms with E-state index in [1.807, 2.05) is 38.1 Å². The molecule has 0 atom stereocenters. The molecule has 4 heteroatoms. The summed E-state index contributed by atoms with van der Waals surface area (Å²) in [5, 5.41) is 8.86. The summed E-state index contributed by atoms with van der Waals surface area (Å²) < 4.78 is 0. The Labute approximate surface area is 209 Å². The lowest BCUT2D eigenvalue weighted by Crippen LogP contribution is -2.21. The second-order valence-electron chi connectivity index (χ2n) is 9.23. The molecule has 4 aromatic rings. The zero-order valence-corrected chi connectivity index (χ0v) is 21.6. The fourth-order valence-corrected chi connectivity index (χ4v) is 4.96. The number of carbonyl (C=O) groups excluding carboxylic acids is 1. The molecule has 0 saturated carbocycles. The number of hydrogen-bond donors (Lipinski definition) is 2. The SMILES string of the molecule is CCN(CC)c1ccc(Nc2ccc(NC(=O)c3c(C)cc(C)cc3C)c3ccccc23)c(C)c1. The standard InChI is InChI=1S/C31H35N3O/c1-7-34(8-2)24-13-14-27(21(4)19-24)32-28-15-16-29(26-12-10-9-11-25(26)28)33-31(35)30-22(5)17-20(3)18-23(30)6/h9-19,32H,7-8H2,1-6H3,(H,33,35). The molecule has 0 aromatic heterocycles. The van der Waals surface area contributed by atoms with Crippen LogP contribution in [0.2, 0.25) is 0 Å². The Morgan fingerprint density at radius 2 is 1.29 bits per heavy atom. The van der Waals surface area contributed by atoms with Crippen molar-refractivity contribution in [3.63, 3.8) is 0 Å². The van der Waals surface area contributed by atoms with Crippen molar-refractivity contribution in [2.75, 3.05) is 28.6 Å². The third kappa shape index (κ3) is 5.02. The lowest BCUT2D eigenvalue weighted by molar-refractivity contribution is 0.102. The molecule has 0 fully saturated rings. The summed E-state index contributed by atoms with van der Waals surface area (Å²) in [6.07, 6.45) is 0. The van der Waals surface area contributed by atoms with E-state index >= 15 is 0 Å². The van der Waals surface area contributed by atoms with Crippen LogP contribution in [-0.2, 0) is 0 Å². The van der Waals surface area contributed by atoms with Crippen LogP contribution in [0.5, 0.6) is 0 Å². The molecule has 2 N–H and O–H groups in total. The molecule has 4 rings (SSSR count). The molecule has 0 radical (unpaired) electrons. The molecule has 35 heavy (non-hydrogen) atoms. The van der Waals surface area contributed by atoms with Crippen molar-refractivity contribution in [1.29, 1.82) is 0 Å². The van der Waals surface area contributed by atoms with E-state index in [1.54, 1.807) is 0 Å². The van der Waals surface area contributed by atoms with Crippen LogP contribution < -0.4 is 15.5 Å². The van der Waals surface area contributed by atoms with Gasteiger partial charge in [0.2, 0.25) is 0 Å². The number of benzene rings is 4. The number of nitrogens with one attached hydrogen (secondary N) is 2. The van der Waals surface area contributed by atoms with E-state index in [1.165, 1.54) is 11.3 Å². The summed E-state index contributed by atoms with van der Waals surface area (Å²) in [5.41, 5.74) is 9.22. The van der Waals surface area contributed by atoms with E-state index < -0.39 is 0 Å². The van der Waals surface area contributed by atoms with Crippen LogP contribution >= 0.6 is 0 Å². The quantitative estimate of drug-likeness (QED) is 0.291. The van der Waals surface area contributed by atoms with Crippen molar-refractivity contribution in [3.05, 3.63) is 94.5 Å². The predicted octanol–water partition coefficient (Wildman–Crippen LogP) is 7.92. The van der Waals surface area contributed by atoms with Crippen molar-refractivity contribution < 1.29 is 4.79 Å². The number of aryl methyl sites for hydroxylation is 4. The smallest absolute Gasteiger partial charge is 0.256 e. The molecular weight excluding hydrogens is 430 g/mol. The molecule has 0 aliphatic heterocycles. The molecule has 4 aromatic carbocycles. The average molecular weight is 466 g/mol. The summed E-state index contributed by atoms with van der Waals surface area (Å²) in [6.45, 7) is 14.5. The van der Waals surface area contributed by atoms with Gasteiger partial charge in [-0.15, -0.1) is 0 Å². The number of amides is 1. The second-order valence-corrected chi connectivity index (χ2v) is 9.23. The highest BCUT2D eigenvalue weighted by Gasteiger charge is 2.15. The fraction of sp³-hybridized carbons (Fsp3) is 0.258. The Hall–Kier alpha value is -3.79. The first-order valence-electron chi connectivity index (χ1n) is 12.4. The number of fused-ring (bicyclic) bond motifs is 1. The van der Waals surface area contributed by atoms with Gasteiger partial charge in [-0.2, -0.15) is 0 Å². The lowest BCUT2D eigenvalue weighted by atomic mass is 9.99. The molecule has 0 heterocycles. The minimum absolute atomic E-state index is 0.0753. The largest absolute Gasteiger partial charge is 0.372 e. The zero-order chi connectivity index (χ0) is 25.1. The molecular formula is C31H35N3O. The normalized spacial score (nSPS) is 10.9. The number of hydrogen-bond acceptors (Lipinski definition) is 3. The Balaban J connectivity index is 1.66. The van der Waals surface area contributed by atoms with Gasteiger partial charge in [-0.1, -0.05) is 42.0 Å². The van der Waals surface area contributed by atoms with Crippen molar-refractivity contribution in [2.24, 2.45) is 0 Å². The van der Waals surface area contributed by atoms with Gasteiger partial charge in [0, 0.05) is 52.2 Å². The number of carbonyl (C=O) groups is 1. The van der Waals surface area contributed by atoms with Crippen molar-refractivity contribution in [2.45, 2.75) is 41.5 Å². The van der Waals surface area contributed by atoms with Gasteiger partial charge in [-0.3, -0.25) is 4.79 Å². The van der Waals surface area contributed by atoms with E-state index in [0.29, 0.717) is 0 Å². The Morgan fingerprint density at radius 1 is 0.714 bits per heavy atom. The van der Waals surface area contributed by atoms with Gasteiger partial charge >= 0.3 is 0 Å². The minimum Gasteiger partial charge on any atom is -0.372 e. The summed E-state index contributed by atoms with van der Waals surface area (Å²) in [7, 11) is 0. The predicted molar refractivity (Wildman–Crippen MR) is 151 cm³/mol. The third-order valence-electron chi connectivity index (χ3n) is 6.68. The van der Waals surface area contributed by atoms with Gasteiger partial charge in [-0.25, -0.2) is 0 Å². The maximum atomic E-state index is 13.2. The van der Waals surface area contributed by atoms with E-state index in [-0.39, 0.29) is 5.91 Å². The molecule has 0 saturated heterocycles. The van der Waals surface area contributed by atoms with Crippen LogP contribution in [0.1, 0.15) is 46.5 Å². The van der Waals surface area contributed by atoms with Crippen LogP contribution in [0.4, 0.5) is 22.7 Å². The first kappa shape index (κ1) is 24.3. The van der Waals surface area contributed by atoms with Gasteiger partial charge in [-0.05, 0) is 88.6 Å². The monoisotopic (exact) mass is 465 g/mol. The van der Waals surface area contributed by atoms with E-state index in [2.05, 4.69) is 85.7 Å². The molecule has 0 aliphatic rings. The highest BCUT2D eigenvalue weighted by molar-refractivity contribution is 6.12. The second kappa shape index (κ2) is 10.2. The number of nitrogens with zero attached hydrogens (tertiary/aromatic N) is 1. The molecule has 4 nitrogen and oxygen atoms in total. The summed E-state index contributed by atoms with van der Waals surface area (Å²) in [4.78, 5) is 15.6. The highest BCUT2D eigenvalue weighted by Crippen LogP contribution is 2.34. The van der Waals surface area contributed by atoms with Crippen molar-refractivity contribution >= 4 is 39.4 Å². The molecule has 1 amide bonds. The van der Waals surface area contributed by atoms with E-state index in [9.17, 15) is 4.79 Å². The number of rotatable bonds is 7. The molecule has 0 spiro atoms. The Morgan fingerprint density at radius 3 is 1.89 bits per heavy atom. The topological polar surface area (TPSA) is 44.4 Å². The first-order valence-corrected chi connectivity index (χ1v) is 12.4. The van der Waals surface area contributed by atoms with Gasteiger partial charge in [0.05, 0.1) is 0 Å². The first-order chi connectivity index (χ1) is 16.8. The van der Waals surface area contributed by atoms with Crippen LogP contribution in [0.3, 0.4) is 0 Å². The number of anilines is 4. The van der Waals surface area contributed by atoms with Crippen LogP contribution in [0.15, 0.2) is 66.7 Å². The fourth-order valence-electron chi connectivity index (χ4n) is 4.96. The lowest BCUT2D eigenvalue weighted by Gasteiger charge is -2.22. The van der Waals surface area contributed by atoms with Crippen LogP contribution in [0, 0.1) is 27.7 Å². The van der Waals surface area contributed by atoms with Gasteiger partial charge in [0.15, 0.2) is 0 Å². The third-order valence-corrected chi connectivity index (χ3v) is 6.68. The van der Waals surface area contributed by atoms with Crippen LogP contribution in [-0.4, -0.2) is 19.0 Å². The summed E-state index contributed by atoms with van der Waals surface area (Å²) in [5.74, 6) is -0.0753. The average Bonchev–Trinajstić information content (AvgIpc) is 2.82. The van der Waals surface area contributed by atoms with E-state index in [4.69, 9.17) is 0 Å². The van der Waals surface area contributed by atoms with Gasteiger partial charge < -0.3 is 15.5 Å². The van der Waals surface area contributed by atoms with Gasteiger partial charge in [0.25, 0.3) is 5.91 Å². The summed E-state index contributed by atoms with van der Waals surface area (Å²) >= 11 is 0. The summed E-state index contributed by atoms with van der Waals surface area (Å²) in [6, 6.07) is 22.9. The maximum Gasteiger partial charge on any atom is 0.256 e. The maximum absolute atomic E-state index is 13.2. The van der Waals surface area contributed by atoms with Crippen molar-refractivity contribution in [3.8, 4) is 0 Å². The van der Waals surface area contributed by atoms with Gasteiger partial charge in [0.1, 0.15) is 0 Å². The zero-order valence-electron chi connectivity index (χ0n) is 21.6. The van der Waals surface area contributed by atoms with Crippen molar-refractivity contribution in [1.82, 2.24) is 0 Å². The molecule has 180 valence electrons. The Bertz CT molecular complexity index is 1360. The molecule has 0 bridgehead atoms. The molecule has 0 unspecified atom stereocenters. The Kier molecular flexibility index (Phi) is 7.11. The highest BCUT2D eigenvalue weighted by atomic mass is 16.1.